The molecule has 1 fully saturated rings. The lowest BCUT2D eigenvalue weighted by Crippen LogP contribution is -2.36. The Labute approximate surface area is 115 Å². The van der Waals surface area contributed by atoms with Gasteiger partial charge in [-0.2, -0.15) is 0 Å². The van der Waals surface area contributed by atoms with Crippen molar-refractivity contribution in [2.75, 3.05) is 5.32 Å². The number of carboxylic acids is 1. The van der Waals surface area contributed by atoms with Crippen LogP contribution in [0.2, 0.25) is 0 Å². The van der Waals surface area contributed by atoms with Crippen molar-refractivity contribution in [3.8, 4) is 5.75 Å². The van der Waals surface area contributed by atoms with E-state index >= 15 is 0 Å². The molecule has 0 radical (unpaired) electrons. The summed E-state index contributed by atoms with van der Waals surface area (Å²) in [5, 5.41) is 21.2. The molecule has 2 aliphatic rings. The molecule has 5 heteroatoms. The summed E-state index contributed by atoms with van der Waals surface area (Å²) in [6.45, 7) is 0. The Bertz CT molecular complexity index is 578. The third kappa shape index (κ3) is 2.05. The van der Waals surface area contributed by atoms with Gasteiger partial charge in [0.25, 0.3) is 0 Å². The van der Waals surface area contributed by atoms with E-state index in [1.54, 1.807) is 12.1 Å². The quantitative estimate of drug-likeness (QED) is 0.579. The molecule has 0 aliphatic heterocycles. The van der Waals surface area contributed by atoms with Crippen LogP contribution in [0, 0.1) is 23.7 Å². The summed E-state index contributed by atoms with van der Waals surface area (Å²) in [6, 6.07) is 6.13. The summed E-state index contributed by atoms with van der Waals surface area (Å²) in [5.74, 6) is -2.23. The Balaban J connectivity index is 1.78. The highest BCUT2D eigenvalue weighted by Crippen LogP contribution is 2.48. The van der Waals surface area contributed by atoms with Gasteiger partial charge in [0, 0.05) is 5.69 Å². The van der Waals surface area contributed by atoms with Crippen LogP contribution in [0.4, 0.5) is 5.69 Å². The second kappa shape index (κ2) is 4.67. The molecule has 0 aromatic heterocycles. The number of nitrogens with one attached hydrogen (secondary N) is 1. The number of carboxylic acid groups (broad SMARTS) is 1. The van der Waals surface area contributed by atoms with Crippen LogP contribution in [0.5, 0.6) is 5.75 Å². The predicted octanol–water partition coefficient (Wildman–Crippen LogP) is 1.85. The smallest absolute Gasteiger partial charge is 0.307 e. The number of anilines is 1. The number of benzene rings is 1. The maximum atomic E-state index is 12.3. The average molecular weight is 273 g/mol. The van der Waals surface area contributed by atoms with Crippen LogP contribution in [0.1, 0.15) is 6.42 Å². The number of phenolic OH excluding ortho intramolecular Hbond substituents is 1. The van der Waals surface area contributed by atoms with E-state index in [0.29, 0.717) is 5.69 Å². The van der Waals surface area contributed by atoms with E-state index in [2.05, 4.69) is 5.32 Å². The monoisotopic (exact) mass is 273 g/mol. The number of hydrogen-bond donors (Lipinski definition) is 3. The molecule has 1 amide bonds. The van der Waals surface area contributed by atoms with Gasteiger partial charge in [-0.25, -0.2) is 0 Å². The van der Waals surface area contributed by atoms with Gasteiger partial charge in [0.05, 0.1) is 11.8 Å². The molecule has 0 saturated heterocycles. The first-order valence-corrected chi connectivity index (χ1v) is 6.57. The molecular weight excluding hydrogens is 258 g/mol. The fourth-order valence-electron chi connectivity index (χ4n) is 3.29. The molecule has 3 N–H and O–H groups in total. The lowest BCUT2D eigenvalue weighted by Gasteiger charge is -2.23. The highest BCUT2D eigenvalue weighted by atomic mass is 16.4. The SMILES string of the molecule is O=C(Nc1ccc(O)cc1)[C@@H]1[C@H](C(=O)O)[C@H]2C=C[C@H]1C2. The van der Waals surface area contributed by atoms with Gasteiger partial charge in [0.15, 0.2) is 0 Å². The maximum absolute atomic E-state index is 12.3. The molecule has 3 rings (SSSR count). The molecule has 0 unspecified atom stereocenters. The minimum absolute atomic E-state index is 0.0122. The van der Waals surface area contributed by atoms with Gasteiger partial charge in [-0.3, -0.25) is 9.59 Å². The van der Waals surface area contributed by atoms with Crippen molar-refractivity contribution < 1.29 is 19.8 Å². The Morgan fingerprint density at radius 1 is 1.05 bits per heavy atom. The van der Waals surface area contributed by atoms with E-state index in [-0.39, 0.29) is 23.5 Å². The van der Waals surface area contributed by atoms with Gasteiger partial charge in [0.2, 0.25) is 5.91 Å². The first kappa shape index (κ1) is 12.7. The molecule has 1 aromatic rings. The minimum Gasteiger partial charge on any atom is -0.508 e. The molecule has 5 nitrogen and oxygen atoms in total. The molecule has 1 aromatic carbocycles. The standard InChI is InChI=1S/C15H15NO4/c17-11-5-3-10(4-6-11)16-14(18)12-8-1-2-9(7-8)13(12)15(19)20/h1-6,8-9,12-13,17H,7H2,(H,16,18)(H,19,20)/t8-,9-,12-,13+/m0/s1. The normalized spacial score (nSPS) is 30.4. The third-order valence-corrected chi connectivity index (χ3v) is 4.18. The number of rotatable bonds is 3. The van der Waals surface area contributed by atoms with E-state index in [9.17, 15) is 19.8 Å². The second-order valence-electron chi connectivity index (χ2n) is 5.37. The van der Waals surface area contributed by atoms with Crippen molar-refractivity contribution in [3.05, 3.63) is 36.4 Å². The molecule has 2 aliphatic carbocycles. The van der Waals surface area contributed by atoms with E-state index in [0.717, 1.165) is 6.42 Å². The average Bonchev–Trinajstić information content (AvgIpc) is 3.01. The summed E-state index contributed by atoms with van der Waals surface area (Å²) in [6.07, 6.45) is 4.60. The van der Waals surface area contributed by atoms with Crippen LogP contribution in [-0.2, 0) is 9.59 Å². The number of aromatic hydroxyl groups is 1. The van der Waals surface area contributed by atoms with Crippen molar-refractivity contribution in [3.63, 3.8) is 0 Å². The summed E-state index contributed by atoms with van der Waals surface area (Å²) < 4.78 is 0. The zero-order chi connectivity index (χ0) is 14.3. The van der Waals surface area contributed by atoms with Crippen molar-refractivity contribution in [1.82, 2.24) is 0 Å². The zero-order valence-corrected chi connectivity index (χ0v) is 10.7. The number of carbonyl (C=O) groups excluding carboxylic acids is 1. The summed E-state index contributed by atoms with van der Waals surface area (Å²) >= 11 is 0. The van der Waals surface area contributed by atoms with Crippen LogP contribution in [-0.4, -0.2) is 22.1 Å². The van der Waals surface area contributed by atoms with Crippen LogP contribution in [0.25, 0.3) is 0 Å². The number of hydrogen-bond acceptors (Lipinski definition) is 3. The maximum Gasteiger partial charge on any atom is 0.307 e. The highest BCUT2D eigenvalue weighted by molar-refractivity contribution is 5.96. The molecule has 20 heavy (non-hydrogen) atoms. The lowest BCUT2D eigenvalue weighted by atomic mass is 9.82. The number of amides is 1. The molecule has 0 spiro atoms. The molecular formula is C15H15NO4. The number of aliphatic carboxylic acids is 1. The predicted molar refractivity (Wildman–Crippen MR) is 72.1 cm³/mol. The van der Waals surface area contributed by atoms with E-state index in [1.165, 1.54) is 12.1 Å². The summed E-state index contributed by atoms with van der Waals surface area (Å²) in [4.78, 5) is 23.7. The fraction of sp³-hybridized carbons (Fsp3) is 0.333. The van der Waals surface area contributed by atoms with E-state index < -0.39 is 17.8 Å². The Kier molecular flexibility index (Phi) is 2.97. The van der Waals surface area contributed by atoms with Crippen LogP contribution in [0.15, 0.2) is 36.4 Å². The van der Waals surface area contributed by atoms with Gasteiger partial charge in [-0.1, -0.05) is 12.2 Å². The van der Waals surface area contributed by atoms with Crippen molar-refractivity contribution >= 4 is 17.6 Å². The zero-order valence-electron chi connectivity index (χ0n) is 10.7. The van der Waals surface area contributed by atoms with Gasteiger partial charge in [0.1, 0.15) is 5.75 Å². The number of fused-ring (bicyclic) bond motifs is 2. The first-order valence-electron chi connectivity index (χ1n) is 6.57. The largest absolute Gasteiger partial charge is 0.508 e. The third-order valence-electron chi connectivity index (χ3n) is 4.18. The van der Waals surface area contributed by atoms with Gasteiger partial charge < -0.3 is 15.5 Å². The molecule has 104 valence electrons. The fourth-order valence-corrected chi connectivity index (χ4v) is 3.29. The topological polar surface area (TPSA) is 86.6 Å². The number of allylic oxidation sites excluding steroid dienone is 2. The first-order chi connectivity index (χ1) is 9.56. The van der Waals surface area contributed by atoms with Crippen molar-refractivity contribution in [1.29, 1.82) is 0 Å². The number of phenols is 1. The molecule has 2 bridgehead atoms. The van der Waals surface area contributed by atoms with E-state index in [4.69, 9.17) is 0 Å². The minimum atomic E-state index is -0.910. The van der Waals surface area contributed by atoms with Gasteiger partial charge in [-0.05, 0) is 42.5 Å². The van der Waals surface area contributed by atoms with Crippen LogP contribution in [0.3, 0.4) is 0 Å². The Morgan fingerprint density at radius 2 is 1.65 bits per heavy atom. The summed E-state index contributed by atoms with van der Waals surface area (Å²) in [5.41, 5.74) is 0.559. The van der Waals surface area contributed by atoms with Gasteiger partial charge >= 0.3 is 5.97 Å². The molecule has 0 heterocycles. The van der Waals surface area contributed by atoms with Gasteiger partial charge in [-0.15, -0.1) is 0 Å². The summed E-state index contributed by atoms with van der Waals surface area (Å²) in [7, 11) is 0. The Morgan fingerprint density at radius 3 is 2.25 bits per heavy atom. The van der Waals surface area contributed by atoms with Crippen molar-refractivity contribution in [2.24, 2.45) is 23.7 Å². The van der Waals surface area contributed by atoms with Crippen LogP contribution >= 0.6 is 0 Å². The van der Waals surface area contributed by atoms with Crippen molar-refractivity contribution in [2.45, 2.75) is 6.42 Å². The second-order valence-corrected chi connectivity index (χ2v) is 5.37. The van der Waals surface area contributed by atoms with E-state index in [1.807, 2.05) is 12.2 Å². The highest BCUT2D eigenvalue weighted by Gasteiger charge is 2.51. The number of carbonyl (C=O) groups is 2. The Hall–Kier alpha value is -2.30. The van der Waals surface area contributed by atoms with Crippen LogP contribution < -0.4 is 5.32 Å². The molecule has 4 atom stereocenters. The molecule has 1 saturated carbocycles. The lowest BCUT2D eigenvalue weighted by molar-refractivity contribution is -0.146.